The number of H-pyrrole nitrogens is 2. The maximum Gasteiger partial charge on any atom is 0.337 e. The van der Waals surface area contributed by atoms with Gasteiger partial charge < -0.3 is 43.1 Å². The Morgan fingerprint density at radius 2 is 0.672 bits per heavy atom. The lowest BCUT2D eigenvalue weighted by molar-refractivity contribution is 0.0600. The van der Waals surface area contributed by atoms with Crippen molar-refractivity contribution in [3.8, 4) is 79.0 Å². The summed E-state index contributed by atoms with van der Waals surface area (Å²) in [7, 11) is 11.2. The number of rotatable bonds is 11. The van der Waals surface area contributed by atoms with Crippen molar-refractivity contribution < 1.29 is 38.0 Å². The Kier molecular flexibility index (Phi) is 11.1. The van der Waals surface area contributed by atoms with Crippen LogP contribution in [0.4, 0.5) is 0 Å². The van der Waals surface area contributed by atoms with Crippen LogP contribution < -0.4 is 28.4 Å². The summed E-state index contributed by atoms with van der Waals surface area (Å²) in [5.74, 6) is 3.12. The van der Waals surface area contributed by atoms with E-state index in [-0.39, 0.29) is 0 Å². The first-order valence-electron chi connectivity index (χ1n) is 20.3. The van der Waals surface area contributed by atoms with Crippen LogP contribution in [0.25, 0.3) is 90.9 Å². The first-order chi connectivity index (χ1) is 31.3. The molecule has 0 aliphatic carbocycles. The van der Waals surface area contributed by atoms with Gasteiger partial charge in [0.25, 0.3) is 0 Å². The van der Waals surface area contributed by atoms with Crippen LogP contribution in [0.1, 0.15) is 33.1 Å². The molecular formula is C52H44N4O8. The Bertz CT molecular complexity index is 3080. The fourth-order valence-corrected chi connectivity index (χ4v) is 8.48. The average molecular weight is 853 g/mol. The van der Waals surface area contributed by atoms with Crippen molar-refractivity contribution in [3.05, 3.63) is 131 Å². The second kappa shape index (κ2) is 17.3. The number of hydrogen-bond acceptors (Lipinski definition) is 10. The zero-order valence-electron chi connectivity index (χ0n) is 36.3. The number of aromatic nitrogens is 4. The molecule has 0 radical (unpaired) electrons. The van der Waals surface area contributed by atoms with Crippen molar-refractivity contribution in [2.45, 2.75) is 0 Å². The fourth-order valence-electron chi connectivity index (χ4n) is 8.48. The number of carbonyl (C=O) groups is 1. The largest absolute Gasteiger partial charge is 0.496 e. The van der Waals surface area contributed by atoms with Crippen LogP contribution in [-0.2, 0) is 4.74 Å². The highest BCUT2D eigenvalue weighted by Gasteiger charge is 2.26. The summed E-state index contributed by atoms with van der Waals surface area (Å²) in [6.07, 6.45) is 7.94. The monoisotopic (exact) mass is 852 g/mol. The number of ether oxygens (including phenoxy) is 7. The number of nitrogens with zero attached hydrogens (tertiary/aromatic N) is 2. The molecule has 5 heterocycles. The van der Waals surface area contributed by atoms with Crippen molar-refractivity contribution in [1.82, 2.24) is 19.9 Å². The number of esters is 1. The van der Waals surface area contributed by atoms with Gasteiger partial charge in [0.05, 0.1) is 94.8 Å². The predicted octanol–water partition coefficient (Wildman–Crippen LogP) is 11.2. The summed E-state index contributed by atoms with van der Waals surface area (Å²) in [4.78, 5) is 30.9. The molecule has 320 valence electrons. The van der Waals surface area contributed by atoms with Gasteiger partial charge >= 0.3 is 5.97 Å². The van der Waals surface area contributed by atoms with E-state index >= 15 is 0 Å². The summed E-state index contributed by atoms with van der Waals surface area (Å²) in [6, 6.07) is 32.4. The van der Waals surface area contributed by atoms with Gasteiger partial charge in [0.1, 0.15) is 34.5 Å². The highest BCUT2D eigenvalue weighted by atomic mass is 16.5. The van der Waals surface area contributed by atoms with Gasteiger partial charge in [-0.2, -0.15) is 0 Å². The van der Waals surface area contributed by atoms with E-state index in [0.717, 1.165) is 49.9 Å². The fraction of sp³-hybridized carbons (Fsp3) is 0.135. The Morgan fingerprint density at radius 1 is 0.375 bits per heavy atom. The van der Waals surface area contributed by atoms with Gasteiger partial charge in [-0.15, -0.1) is 0 Å². The number of methoxy groups -OCH3 is 7. The molecule has 0 atom stereocenters. The van der Waals surface area contributed by atoms with Crippen LogP contribution in [0.15, 0.2) is 103 Å². The Balaban J connectivity index is 1.52. The third-order valence-electron chi connectivity index (χ3n) is 11.4. The highest BCUT2D eigenvalue weighted by molar-refractivity contribution is 6.03. The van der Waals surface area contributed by atoms with E-state index in [1.54, 1.807) is 54.8 Å². The number of nitrogens with one attached hydrogen (secondary N) is 2. The molecule has 0 saturated carbocycles. The summed E-state index contributed by atoms with van der Waals surface area (Å²) < 4.78 is 41.2. The molecule has 0 spiro atoms. The lowest BCUT2D eigenvalue weighted by atomic mass is 10.0. The van der Waals surface area contributed by atoms with E-state index in [4.69, 9.17) is 43.1 Å². The second-order valence-electron chi connectivity index (χ2n) is 14.7. The van der Waals surface area contributed by atoms with Crippen molar-refractivity contribution in [2.24, 2.45) is 0 Å². The zero-order valence-corrected chi connectivity index (χ0v) is 36.3. The third kappa shape index (κ3) is 7.04. The minimum Gasteiger partial charge on any atom is -0.496 e. The average Bonchev–Trinajstić information content (AvgIpc) is 4.20. The molecule has 0 amide bonds. The van der Waals surface area contributed by atoms with Crippen LogP contribution >= 0.6 is 0 Å². The first kappa shape index (κ1) is 41.1. The van der Waals surface area contributed by atoms with Gasteiger partial charge in [0.15, 0.2) is 0 Å². The van der Waals surface area contributed by atoms with Crippen LogP contribution in [0, 0.1) is 0 Å². The Morgan fingerprint density at radius 3 is 0.969 bits per heavy atom. The van der Waals surface area contributed by atoms with Crippen molar-refractivity contribution in [2.75, 3.05) is 49.8 Å². The molecule has 3 aromatic heterocycles. The molecule has 2 N–H and O–H groups in total. The molecule has 0 saturated heterocycles. The number of carbonyl (C=O) groups excluding carboxylic acids is 1. The number of hydrogen-bond donors (Lipinski definition) is 2. The lowest BCUT2D eigenvalue weighted by Crippen LogP contribution is -2.00. The topological polar surface area (TPSA) is 139 Å². The quantitative estimate of drug-likeness (QED) is 0.121. The Labute approximate surface area is 369 Å². The molecule has 0 fully saturated rings. The molecule has 0 unspecified atom stereocenters. The summed E-state index contributed by atoms with van der Waals surface area (Å²) in [5, 5.41) is 0. The van der Waals surface area contributed by atoms with Gasteiger partial charge in [-0.05, 0) is 103 Å². The molecule has 2 aliphatic heterocycles. The van der Waals surface area contributed by atoms with E-state index in [1.807, 2.05) is 115 Å². The molecule has 12 nitrogen and oxygen atoms in total. The molecule has 4 aromatic carbocycles. The standard InChI is InChI=1S/C52H44N4O8/c1-58-39-11-8-12-40(59-2)49(39)46-33-23-21-31(53-33)45(29-17-19-30(20-18-29)52(57)64-7)32-22-24-34(54-32)47(50-41(60-3)13-9-14-42(50)61-4)36-26-28-38(56-36)48(37-27-25-35(46)55-37)51-43(62-5)15-10-16-44(51)63-6/h8-28,53,56H,1-7H3. The molecule has 9 rings (SSSR count). The van der Waals surface area contributed by atoms with Crippen molar-refractivity contribution in [3.63, 3.8) is 0 Å². The zero-order chi connectivity index (χ0) is 44.5. The van der Waals surface area contributed by atoms with E-state index in [9.17, 15) is 4.79 Å². The lowest BCUT2D eigenvalue weighted by Gasteiger charge is -2.15. The molecule has 7 aromatic rings. The van der Waals surface area contributed by atoms with Gasteiger partial charge in [-0.1, -0.05) is 30.3 Å². The smallest absolute Gasteiger partial charge is 0.337 e. The summed E-state index contributed by atoms with van der Waals surface area (Å²) in [6.45, 7) is 0. The molecule has 64 heavy (non-hydrogen) atoms. The molecule has 12 heteroatoms. The highest BCUT2D eigenvalue weighted by Crippen LogP contribution is 2.48. The van der Waals surface area contributed by atoms with Crippen molar-refractivity contribution >= 4 is 52.3 Å². The Hall–Kier alpha value is -8.25. The number of benzene rings is 4. The van der Waals surface area contributed by atoms with Gasteiger partial charge in [-0.25, -0.2) is 14.8 Å². The molecule has 8 bridgehead atoms. The van der Waals surface area contributed by atoms with E-state index in [0.29, 0.717) is 79.5 Å². The van der Waals surface area contributed by atoms with Crippen molar-refractivity contribution in [1.29, 1.82) is 0 Å². The van der Waals surface area contributed by atoms with Crippen LogP contribution in [-0.4, -0.2) is 75.7 Å². The molecular weight excluding hydrogens is 809 g/mol. The number of aromatic amines is 2. The van der Waals surface area contributed by atoms with E-state index in [1.165, 1.54) is 7.11 Å². The normalized spacial score (nSPS) is 11.6. The predicted molar refractivity (Wildman–Crippen MR) is 251 cm³/mol. The first-order valence-corrected chi connectivity index (χ1v) is 20.3. The summed E-state index contributed by atoms with van der Waals surface area (Å²) in [5.41, 5.74) is 11.8. The third-order valence-corrected chi connectivity index (χ3v) is 11.4. The maximum absolute atomic E-state index is 12.6. The van der Waals surface area contributed by atoms with Crippen LogP contribution in [0.5, 0.6) is 34.5 Å². The van der Waals surface area contributed by atoms with Gasteiger partial charge in [0, 0.05) is 44.3 Å². The summed E-state index contributed by atoms with van der Waals surface area (Å²) >= 11 is 0. The molecule has 2 aliphatic rings. The van der Waals surface area contributed by atoms with Gasteiger partial charge in [-0.3, -0.25) is 0 Å². The second-order valence-corrected chi connectivity index (χ2v) is 14.7. The van der Waals surface area contributed by atoms with Crippen LogP contribution in [0.2, 0.25) is 0 Å². The van der Waals surface area contributed by atoms with Crippen LogP contribution in [0.3, 0.4) is 0 Å². The maximum atomic E-state index is 12.6. The SMILES string of the molecule is COC(=O)c1ccc(-c2c3nc(c(-c4c(OC)cccc4OC)c4ccc([nH]4)c(-c4c(OC)cccc4OC)c4nc(c(-c5c(OC)cccc5OC)c5ccc2[nH]5)C=C4)C=C3)cc1. The minimum atomic E-state index is -0.433. The van der Waals surface area contributed by atoms with Gasteiger partial charge in [0.2, 0.25) is 0 Å². The minimum absolute atomic E-state index is 0.420. The number of fused-ring (bicyclic) bond motifs is 8. The van der Waals surface area contributed by atoms with E-state index < -0.39 is 5.97 Å². The van der Waals surface area contributed by atoms with E-state index in [2.05, 4.69) is 9.97 Å².